The number of nitrogens with one attached hydrogen (secondary N) is 3. The van der Waals surface area contributed by atoms with Crippen molar-refractivity contribution in [3.05, 3.63) is 82.4 Å². The van der Waals surface area contributed by atoms with Crippen molar-refractivity contribution in [3.8, 4) is 5.75 Å². The van der Waals surface area contributed by atoms with Gasteiger partial charge in [-0.2, -0.15) is 13.2 Å². The van der Waals surface area contributed by atoms with Crippen LogP contribution in [0.15, 0.2) is 54.6 Å². The molecule has 1 aliphatic carbocycles. The maximum Gasteiger partial charge on any atom is 0.419 e. The number of rotatable bonds is 6. The number of fused-ring (bicyclic) bond motifs is 1. The second-order valence-electron chi connectivity index (χ2n) is 11.1. The molecule has 0 heterocycles. The lowest BCUT2D eigenvalue weighted by atomic mass is 9.62. The minimum Gasteiger partial charge on any atom is -0.507 e. The van der Waals surface area contributed by atoms with E-state index >= 15 is 0 Å². The standard InChI is InChI=1S/C30H34F3N3O2/c1-17(2)22-11-12-23-25(26(22)37)28(4,5)16-29(38,30(31,32)33)27(23)36-21-10-13-24(19(14-21)15-34)35-20-8-6-18(3)7-9-20/h6-15,17,27,34-38H,16H2,1-5H3. The number of hydrogen-bond acceptors (Lipinski definition) is 5. The number of halogens is 3. The number of phenolic OH excluding ortho intramolecular Hbond substituents is 1. The smallest absolute Gasteiger partial charge is 0.419 e. The molecule has 1 aliphatic rings. The Bertz CT molecular complexity index is 1350. The van der Waals surface area contributed by atoms with Crippen molar-refractivity contribution >= 4 is 23.3 Å². The van der Waals surface area contributed by atoms with E-state index in [9.17, 15) is 23.4 Å². The number of hydrogen-bond donors (Lipinski definition) is 5. The van der Waals surface area contributed by atoms with E-state index in [2.05, 4.69) is 10.6 Å². The fourth-order valence-electron chi connectivity index (χ4n) is 5.47. The van der Waals surface area contributed by atoms with Gasteiger partial charge in [0.05, 0.1) is 6.04 Å². The van der Waals surface area contributed by atoms with E-state index in [0.29, 0.717) is 28.1 Å². The summed E-state index contributed by atoms with van der Waals surface area (Å²) in [4.78, 5) is 0. The Kier molecular flexibility index (Phi) is 6.99. The summed E-state index contributed by atoms with van der Waals surface area (Å²) >= 11 is 0. The summed E-state index contributed by atoms with van der Waals surface area (Å²) in [5, 5.41) is 36.4. The van der Waals surface area contributed by atoms with Crippen LogP contribution < -0.4 is 10.6 Å². The van der Waals surface area contributed by atoms with Crippen molar-refractivity contribution in [1.82, 2.24) is 0 Å². The van der Waals surface area contributed by atoms with Gasteiger partial charge < -0.3 is 26.3 Å². The number of aryl methyl sites for hydroxylation is 1. The predicted octanol–water partition coefficient (Wildman–Crippen LogP) is 7.69. The van der Waals surface area contributed by atoms with E-state index in [1.165, 1.54) is 0 Å². The SMILES string of the molecule is Cc1ccc(Nc2ccc(NC3c4ccc(C(C)C)c(O)c4C(C)(C)CC3(O)C(F)(F)F)cc2C=N)cc1. The first-order chi connectivity index (χ1) is 17.7. The Labute approximate surface area is 221 Å². The number of alkyl halides is 3. The molecule has 3 aromatic rings. The normalized spacial score (nSPS) is 20.6. The quantitative estimate of drug-likeness (QED) is 0.214. The molecule has 2 atom stereocenters. The third-order valence-electron chi connectivity index (χ3n) is 7.38. The Morgan fingerprint density at radius 1 is 1.03 bits per heavy atom. The molecule has 5 nitrogen and oxygen atoms in total. The van der Waals surface area contributed by atoms with Crippen molar-refractivity contribution in [2.45, 2.75) is 70.2 Å². The van der Waals surface area contributed by atoms with Gasteiger partial charge in [-0.1, -0.05) is 57.5 Å². The van der Waals surface area contributed by atoms with Crippen molar-refractivity contribution in [2.24, 2.45) is 0 Å². The maximum atomic E-state index is 14.5. The lowest BCUT2D eigenvalue weighted by Gasteiger charge is -2.49. The van der Waals surface area contributed by atoms with Crippen LogP contribution in [0.3, 0.4) is 0 Å². The van der Waals surface area contributed by atoms with Crippen LogP contribution in [0.1, 0.15) is 73.9 Å². The fourth-order valence-corrected chi connectivity index (χ4v) is 5.47. The van der Waals surface area contributed by atoms with Crippen molar-refractivity contribution in [2.75, 3.05) is 10.6 Å². The minimum atomic E-state index is -4.94. The first-order valence-electron chi connectivity index (χ1n) is 12.6. The Balaban J connectivity index is 1.79. The molecule has 3 aromatic carbocycles. The van der Waals surface area contributed by atoms with Crippen molar-refractivity contribution in [1.29, 1.82) is 5.41 Å². The van der Waals surface area contributed by atoms with Crippen LogP contribution in [0.5, 0.6) is 5.75 Å². The largest absolute Gasteiger partial charge is 0.507 e. The molecule has 0 amide bonds. The molecule has 8 heteroatoms. The molecule has 0 bridgehead atoms. The van der Waals surface area contributed by atoms with Crippen LogP contribution in [0, 0.1) is 12.3 Å². The van der Waals surface area contributed by atoms with Crippen LogP contribution in [0.4, 0.5) is 30.2 Å². The third kappa shape index (κ3) is 4.85. The molecule has 0 radical (unpaired) electrons. The van der Waals surface area contributed by atoms with Gasteiger partial charge in [0.25, 0.3) is 0 Å². The van der Waals surface area contributed by atoms with Gasteiger partial charge in [0.2, 0.25) is 0 Å². The van der Waals surface area contributed by atoms with Crippen LogP contribution in [0.25, 0.3) is 0 Å². The zero-order chi connectivity index (χ0) is 28.0. The molecule has 202 valence electrons. The molecule has 0 aromatic heterocycles. The van der Waals surface area contributed by atoms with Gasteiger partial charge in [-0.3, -0.25) is 0 Å². The Morgan fingerprint density at radius 2 is 1.66 bits per heavy atom. The summed E-state index contributed by atoms with van der Waals surface area (Å²) in [5.74, 6) is -0.0639. The lowest BCUT2D eigenvalue weighted by molar-refractivity contribution is -0.276. The van der Waals surface area contributed by atoms with Gasteiger partial charge in [0.15, 0.2) is 5.60 Å². The fraction of sp³-hybridized carbons (Fsp3) is 0.367. The van der Waals surface area contributed by atoms with Gasteiger partial charge in [0.1, 0.15) is 5.75 Å². The van der Waals surface area contributed by atoms with Gasteiger partial charge in [-0.05, 0) is 66.1 Å². The second-order valence-corrected chi connectivity index (χ2v) is 11.1. The molecule has 5 N–H and O–H groups in total. The minimum absolute atomic E-state index is 0.0312. The number of aromatic hydroxyl groups is 1. The van der Waals surface area contributed by atoms with Gasteiger partial charge >= 0.3 is 6.18 Å². The van der Waals surface area contributed by atoms with E-state index in [0.717, 1.165) is 17.5 Å². The summed E-state index contributed by atoms with van der Waals surface area (Å²) in [6.45, 7) is 9.01. The van der Waals surface area contributed by atoms with E-state index < -0.39 is 29.7 Å². The highest BCUT2D eigenvalue weighted by Crippen LogP contribution is 2.57. The number of phenols is 1. The molecule has 0 aliphatic heterocycles. The number of benzene rings is 3. The maximum absolute atomic E-state index is 14.5. The van der Waals surface area contributed by atoms with Crippen LogP contribution in [-0.2, 0) is 5.41 Å². The zero-order valence-corrected chi connectivity index (χ0v) is 22.2. The van der Waals surface area contributed by atoms with Crippen LogP contribution in [0.2, 0.25) is 0 Å². The first-order valence-corrected chi connectivity index (χ1v) is 12.6. The second kappa shape index (κ2) is 9.66. The monoisotopic (exact) mass is 525 g/mol. The van der Waals surface area contributed by atoms with Gasteiger partial charge in [-0.25, -0.2) is 0 Å². The van der Waals surface area contributed by atoms with E-state index in [1.807, 2.05) is 45.0 Å². The Morgan fingerprint density at radius 3 is 2.24 bits per heavy atom. The summed E-state index contributed by atoms with van der Waals surface area (Å²) in [7, 11) is 0. The van der Waals surface area contributed by atoms with Crippen LogP contribution in [-0.4, -0.2) is 28.2 Å². The molecule has 0 saturated heterocycles. The van der Waals surface area contributed by atoms with Crippen molar-refractivity contribution in [3.63, 3.8) is 0 Å². The number of anilines is 3. The summed E-state index contributed by atoms with van der Waals surface area (Å²) in [6, 6.07) is 14.2. The third-order valence-corrected chi connectivity index (χ3v) is 7.38. The van der Waals surface area contributed by atoms with Gasteiger partial charge in [0, 0.05) is 34.4 Å². The van der Waals surface area contributed by atoms with E-state index in [1.54, 1.807) is 44.2 Å². The molecule has 0 fully saturated rings. The average molecular weight is 526 g/mol. The molecular weight excluding hydrogens is 491 g/mol. The molecule has 2 unspecified atom stereocenters. The average Bonchev–Trinajstić information content (AvgIpc) is 2.82. The van der Waals surface area contributed by atoms with Crippen LogP contribution >= 0.6 is 0 Å². The topological polar surface area (TPSA) is 88.4 Å². The lowest BCUT2D eigenvalue weighted by Crippen LogP contribution is -2.58. The summed E-state index contributed by atoms with van der Waals surface area (Å²) in [5.41, 5.74) is 0.293. The molecule has 4 rings (SSSR count). The highest BCUT2D eigenvalue weighted by molar-refractivity contribution is 5.89. The molecule has 38 heavy (non-hydrogen) atoms. The zero-order valence-electron chi connectivity index (χ0n) is 22.2. The Hall–Kier alpha value is -3.52. The van der Waals surface area contributed by atoms with E-state index in [4.69, 9.17) is 5.41 Å². The van der Waals surface area contributed by atoms with Crippen molar-refractivity contribution < 1.29 is 23.4 Å². The number of aliphatic hydroxyl groups is 1. The highest BCUT2D eigenvalue weighted by Gasteiger charge is 2.64. The van der Waals surface area contributed by atoms with E-state index in [-0.39, 0.29) is 17.2 Å². The molecule has 0 saturated carbocycles. The molecular formula is C30H34F3N3O2. The summed E-state index contributed by atoms with van der Waals surface area (Å²) in [6.07, 6.45) is -4.45. The first kappa shape index (κ1) is 27.5. The molecule has 0 spiro atoms. The predicted molar refractivity (Wildman–Crippen MR) is 146 cm³/mol. The summed E-state index contributed by atoms with van der Waals surface area (Å²) < 4.78 is 43.5. The highest BCUT2D eigenvalue weighted by atomic mass is 19.4. The van der Waals surface area contributed by atoms with Gasteiger partial charge in [-0.15, -0.1) is 0 Å².